The zero-order chi connectivity index (χ0) is 15.5. The third-order valence-electron chi connectivity index (χ3n) is 4.83. The summed E-state index contributed by atoms with van der Waals surface area (Å²) in [6, 6.07) is 11.5. The number of hydrogen-bond acceptors (Lipinski definition) is 2. The second-order valence-electron chi connectivity index (χ2n) is 7.76. The predicted molar refractivity (Wildman–Crippen MR) is 91.5 cm³/mol. The lowest BCUT2D eigenvalue weighted by Crippen LogP contribution is -2.61. The first-order valence-corrected chi connectivity index (χ1v) is 8.43. The van der Waals surface area contributed by atoms with Gasteiger partial charge in [0.15, 0.2) is 0 Å². The Kier molecular flexibility index (Phi) is 5.11. The number of nitrogens with zero attached hydrogens (tertiary/aromatic N) is 1. The van der Waals surface area contributed by atoms with Crippen LogP contribution in [0.15, 0.2) is 30.3 Å². The summed E-state index contributed by atoms with van der Waals surface area (Å²) in [5.41, 5.74) is 2.06. The second kappa shape index (κ2) is 6.50. The summed E-state index contributed by atoms with van der Waals surface area (Å²) in [6.45, 7) is 15.0. The molecule has 1 fully saturated rings. The van der Waals surface area contributed by atoms with Gasteiger partial charge < -0.3 is 5.32 Å². The molecule has 0 radical (unpaired) electrons. The van der Waals surface area contributed by atoms with Crippen molar-refractivity contribution in [3.05, 3.63) is 35.9 Å². The smallest absolute Gasteiger partial charge is 0.0473 e. The molecule has 21 heavy (non-hydrogen) atoms. The minimum atomic E-state index is 0.288. The molecule has 1 heterocycles. The molecular weight excluding hydrogens is 256 g/mol. The highest BCUT2D eigenvalue weighted by atomic mass is 15.3. The van der Waals surface area contributed by atoms with E-state index in [2.05, 4.69) is 75.2 Å². The topological polar surface area (TPSA) is 15.3 Å². The van der Waals surface area contributed by atoms with Gasteiger partial charge in [-0.2, -0.15) is 0 Å². The van der Waals surface area contributed by atoms with Crippen molar-refractivity contribution in [1.82, 2.24) is 10.2 Å². The molecule has 0 saturated carbocycles. The number of rotatable bonds is 4. The molecule has 2 nitrogen and oxygen atoms in total. The molecule has 0 aliphatic carbocycles. The number of benzene rings is 1. The lowest BCUT2D eigenvalue weighted by molar-refractivity contribution is 0.0457. The van der Waals surface area contributed by atoms with E-state index in [4.69, 9.17) is 0 Å². The van der Waals surface area contributed by atoms with E-state index in [0.717, 1.165) is 19.6 Å². The van der Waals surface area contributed by atoms with Crippen molar-refractivity contribution < 1.29 is 0 Å². The fourth-order valence-electron chi connectivity index (χ4n) is 3.50. The van der Waals surface area contributed by atoms with Gasteiger partial charge in [0.25, 0.3) is 0 Å². The van der Waals surface area contributed by atoms with Gasteiger partial charge in [-0.15, -0.1) is 0 Å². The maximum Gasteiger partial charge on any atom is 0.0473 e. The summed E-state index contributed by atoms with van der Waals surface area (Å²) in [5, 5.41) is 3.85. The predicted octanol–water partition coefficient (Wildman–Crippen LogP) is 4.24. The van der Waals surface area contributed by atoms with Crippen LogP contribution in [0.4, 0.5) is 0 Å². The molecule has 0 amide bonds. The van der Waals surface area contributed by atoms with Gasteiger partial charge in [-0.05, 0) is 23.8 Å². The Morgan fingerprint density at radius 3 is 2.29 bits per heavy atom. The largest absolute Gasteiger partial charge is 0.308 e. The molecule has 1 aliphatic rings. The number of hydrogen-bond donors (Lipinski definition) is 1. The van der Waals surface area contributed by atoms with E-state index in [0.29, 0.717) is 11.5 Å². The molecule has 0 aromatic heterocycles. The molecule has 0 spiro atoms. The van der Waals surface area contributed by atoms with Crippen molar-refractivity contribution in [2.24, 2.45) is 5.41 Å². The zero-order valence-corrected chi connectivity index (χ0v) is 14.4. The van der Waals surface area contributed by atoms with E-state index in [1.807, 2.05) is 0 Å². The van der Waals surface area contributed by atoms with E-state index in [9.17, 15) is 0 Å². The van der Waals surface area contributed by atoms with Crippen LogP contribution in [0, 0.1) is 5.41 Å². The Morgan fingerprint density at radius 2 is 1.76 bits per heavy atom. The van der Waals surface area contributed by atoms with Crippen LogP contribution < -0.4 is 5.32 Å². The maximum atomic E-state index is 3.85. The third-order valence-corrected chi connectivity index (χ3v) is 4.83. The van der Waals surface area contributed by atoms with Crippen LogP contribution in [-0.2, 0) is 0 Å². The summed E-state index contributed by atoms with van der Waals surface area (Å²) in [7, 11) is 0. The van der Waals surface area contributed by atoms with Crippen LogP contribution in [0.3, 0.4) is 0 Å². The van der Waals surface area contributed by atoms with Crippen LogP contribution in [-0.4, -0.2) is 30.1 Å². The van der Waals surface area contributed by atoms with Crippen molar-refractivity contribution in [2.45, 2.75) is 59.0 Å². The van der Waals surface area contributed by atoms with Gasteiger partial charge in [-0.3, -0.25) is 4.90 Å². The van der Waals surface area contributed by atoms with Crippen molar-refractivity contribution in [3.63, 3.8) is 0 Å². The molecule has 1 aromatic carbocycles. The number of nitrogens with one attached hydrogen (secondary N) is 1. The molecule has 2 rings (SSSR count). The van der Waals surface area contributed by atoms with Gasteiger partial charge in [-0.25, -0.2) is 0 Å². The average Bonchev–Trinajstić information content (AvgIpc) is 2.46. The summed E-state index contributed by atoms with van der Waals surface area (Å²) >= 11 is 0. The van der Waals surface area contributed by atoms with E-state index >= 15 is 0 Å². The molecule has 2 heteroatoms. The molecule has 1 saturated heterocycles. The van der Waals surface area contributed by atoms with Gasteiger partial charge in [0.1, 0.15) is 0 Å². The molecule has 1 aromatic rings. The Hall–Kier alpha value is -0.860. The van der Waals surface area contributed by atoms with Crippen LogP contribution in [0.25, 0.3) is 0 Å². The third kappa shape index (κ3) is 4.08. The van der Waals surface area contributed by atoms with E-state index in [-0.39, 0.29) is 5.54 Å². The van der Waals surface area contributed by atoms with Crippen molar-refractivity contribution in [1.29, 1.82) is 0 Å². The van der Waals surface area contributed by atoms with E-state index in [1.54, 1.807) is 0 Å². The number of piperazine rings is 1. The Morgan fingerprint density at radius 1 is 1.14 bits per heavy atom. The first-order valence-electron chi connectivity index (χ1n) is 8.43. The van der Waals surface area contributed by atoms with E-state index in [1.165, 1.54) is 18.4 Å². The summed E-state index contributed by atoms with van der Waals surface area (Å²) < 4.78 is 0. The quantitative estimate of drug-likeness (QED) is 0.891. The fourth-order valence-corrected chi connectivity index (χ4v) is 3.50. The van der Waals surface area contributed by atoms with Crippen molar-refractivity contribution >= 4 is 0 Å². The van der Waals surface area contributed by atoms with Crippen molar-refractivity contribution in [2.75, 3.05) is 19.6 Å². The highest BCUT2D eigenvalue weighted by molar-refractivity contribution is 5.21. The molecular formula is C19H32N2. The SMILES string of the molecule is CCC1(CC)CN(CC(C)(C)C)C(c2ccccc2)CN1. The van der Waals surface area contributed by atoms with Crippen LogP contribution >= 0.6 is 0 Å². The molecule has 1 unspecified atom stereocenters. The van der Waals surface area contributed by atoms with Crippen LogP contribution in [0.1, 0.15) is 59.1 Å². The monoisotopic (exact) mass is 288 g/mol. The highest BCUT2D eigenvalue weighted by Gasteiger charge is 2.38. The summed E-state index contributed by atoms with van der Waals surface area (Å²) in [6.07, 6.45) is 2.40. The first kappa shape index (κ1) is 16.5. The fraction of sp³-hybridized carbons (Fsp3) is 0.684. The Balaban J connectivity index is 2.24. The lowest BCUT2D eigenvalue weighted by atomic mass is 9.85. The van der Waals surface area contributed by atoms with Gasteiger partial charge in [0.2, 0.25) is 0 Å². The molecule has 118 valence electrons. The molecule has 1 aliphatic heterocycles. The average molecular weight is 288 g/mol. The normalized spacial score (nSPS) is 23.2. The van der Waals surface area contributed by atoms with Gasteiger partial charge >= 0.3 is 0 Å². The lowest BCUT2D eigenvalue weighted by Gasteiger charge is -2.49. The Bertz CT molecular complexity index is 429. The van der Waals surface area contributed by atoms with Gasteiger partial charge in [0.05, 0.1) is 0 Å². The summed E-state index contributed by atoms with van der Waals surface area (Å²) in [4.78, 5) is 2.71. The van der Waals surface area contributed by atoms with Crippen molar-refractivity contribution in [3.8, 4) is 0 Å². The minimum absolute atomic E-state index is 0.288. The maximum absolute atomic E-state index is 3.85. The summed E-state index contributed by atoms with van der Waals surface area (Å²) in [5.74, 6) is 0. The van der Waals surface area contributed by atoms with E-state index < -0.39 is 0 Å². The zero-order valence-electron chi connectivity index (χ0n) is 14.4. The van der Waals surface area contributed by atoms with Crippen LogP contribution in [0.5, 0.6) is 0 Å². The molecule has 0 bridgehead atoms. The van der Waals surface area contributed by atoms with Gasteiger partial charge in [-0.1, -0.05) is 65.0 Å². The highest BCUT2D eigenvalue weighted by Crippen LogP contribution is 2.32. The molecule has 1 atom stereocenters. The standard InChI is InChI=1S/C19H32N2/c1-6-19(7-2)15-21(14-18(3,4)5)17(13-20-19)16-11-9-8-10-12-16/h8-12,17,20H,6-7,13-15H2,1-5H3. The minimum Gasteiger partial charge on any atom is -0.308 e. The first-order chi connectivity index (χ1) is 9.89. The van der Waals surface area contributed by atoms with Gasteiger partial charge in [0, 0.05) is 31.2 Å². The Labute approximate surface area is 130 Å². The second-order valence-corrected chi connectivity index (χ2v) is 7.76. The van der Waals surface area contributed by atoms with Crippen LogP contribution in [0.2, 0.25) is 0 Å². The molecule has 1 N–H and O–H groups in total.